The molecule has 1 atom stereocenters. The van der Waals surface area contributed by atoms with Crippen LogP contribution in [0.1, 0.15) is 36.7 Å². The topological polar surface area (TPSA) is 33.4 Å². The van der Waals surface area contributed by atoms with Crippen LogP contribution < -0.4 is 0 Å². The molecule has 1 heterocycles. The maximum atomic E-state index is 9.72. The molecule has 1 unspecified atom stereocenters. The van der Waals surface area contributed by atoms with Gasteiger partial charge in [-0.25, -0.2) is 0 Å². The van der Waals surface area contributed by atoms with Gasteiger partial charge in [0.2, 0.25) is 0 Å². The second-order valence-corrected chi connectivity index (χ2v) is 3.17. The Morgan fingerprint density at radius 2 is 2.46 bits per heavy atom. The zero-order valence-corrected chi connectivity index (χ0v) is 7.99. The van der Waals surface area contributed by atoms with Gasteiger partial charge in [0.1, 0.15) is 5.76 Å². The molecule has 0 amide bonds. The van der Waals surface area contributed by atoms with Crippen LogP contribution in [0.25, 0.3) is 0 Å². The number of aliphatic hydroxyl groups is 1. The molecular weight excluding hydrogens is 164 g/mol. The molecule has 1 aromatic heterocycles. The summed E-state index contributed by atoms with van der Waals surface area (Å²) >= 11 is 0. The number of aliphatic hydroxyl groups excluding tert-OH is 1. The van der Waals surface area contributed by atoms with Crippen molar-refractivity contribution in [3.8, 4) is 0 Å². The fourth-order valence-electron chi connectivity index (χ4n) is 1.35. The maximum absolute atomic E-state index is 9.72. The van der Waals surface area contributed by atoms with Gasteiger partial charge >= 0.3 is 0 Å². The number of rotatable bonds is 5. The molecule has 0 radical (unpaired) electrons. The first-order valence-electron chi connectivity index (χ1n) is 4.58. The summed E-state index contributed by atoms with van der Waals surface area (Å²) in [7, 11) is 0. The molecule has 13 heavy (non-hydrogen) atoms. The molecule has 72 valence electrons. The second-order valence-electron chi connectivity index (χ2n) is 3.17. The van der Waals surface area contributed by atoms with E-state index in [9.17, 15) is 5.11 Å². The smallest absolute Gasteiger partial charge is 0.106 e. The lowest BCUT2D eigenvalue weighted by atomic mass is 10.0. The summed E-state index contributed by atoms with van der Waals surface area (Å²) in [6.07, 6.45) is 5.78. The van der Waals surface area contributed by atoms with Crippen molar-refractivity contribution in [1.82, 2.24) is 0 Å². The average Bonchev–Trinajstić information content (AvgIpc) is 2.52. The minimum Gasteiger partial charge on any atom is -0.469 e. The summed E-state index contributed by atoms with van der Waals surface area (Å²) in [5.74, 6) is 0.811. The zero-order valence-electron chi connectivity index (χ0n) is 7.99. The van der Waals surface area contributed by atoms with Gasteiger partial charge in [0.25, 0.3) is 0 Å². The van der Waals surface area contributed by atoms with Crippen LogP contribution in [0.3, 0.4) is 0 Å². The first kappa shape index (κ1) is 10.1. The van der Waals surface area contributed by atoms with Gasteiger partial charge in [0.15, 0.2) is 0 Å². The Morgan fingerprint density at radius 1 is 1.69 bits per heavy atom. The van der Waals surface area contributed by atoms with Crippen LogP contribution in [0.5, 0.6) is 0 Å². The molecule has 1 aromatic rings. The van der Waals surface area contributed by atoms with Crippen molar-refractivity contribution < 1.29 is 9.52 Å². The summed E-state index contributed by atoms with van der Waals surface area (Å²) in [5, 5.41) is 9.72. The minimum absolute atomic E-state index is 0.390. The highest BCUT2D eigenvalue weighted by molar-refractivity contribution is 5.18. The van der Waals surface area contributed by atoms with Crippen LogP contribution in [0, 0.1) is 6.92 Å². The Hall–Kier alpha value is -1.02. The molecule has 0 bridgehead atoms. The monoisotopic (exact) mass is 180 g/mol. The average molecular weight is 180 g/mol. The van der Waals surface area contributed by atoms with E-state index < -0.39 is 6.10 Å². The van der Waals surface area contributed by atoms with Gasteiger partial charge in [-0.2, -0.15) is 0 Å². The van der Waals surface area contributed by atoms with Crippen molar-refractivity contribution in [2.24, 2.45) is 0 Å². The fraction of sp³-hybridized carbons (Fsp3) is 0.455. The Balaban J connectivity index is 2.44. The number of aryl methyl sites for hydroxylation is 1. The molecule has 2 heteroatoms. The highest BCUT2D eigenvalue weighted by atomic mass is 16.3. The lowest BCUT2D eigenvalue weighted by molar-refractivity contribution is 0.163. The first-order valence-corrected chi connectivity index (χ1v) is 4.58. The summed E-state index contributed by atoms with van der Waals surface area (Å²) in [4.78, 5) is 0. The Bertz CT molecular complexity index is 263. The standard InChI is InChI=1S/C11H16O2/c1-3-4-5-6-11(12)10-7-8-13-9(10)2/h3,7-8,11-12H,1,4-6H2,2H3. The van der Waals surface area contributed by atoms with E-state index >= 15 is 0 Å². The van der Waals surface area contributed by atoms with Crippen LogP contribution in [-0.2, 0) is 0 Å². The molecule has 2 nitrogen and oxygen atoms in total. The summed E-state index contributed by atoms with van der Waals surface area (Å²) in [6.45, 7) is 5.50. The van der Waals surface area contributed by atoms with Crippen LogP contribution in [0.2, 0.25) is 0 Å². The fourth-order valence-corrected chi connectivity index (χ4v) is 1.35. The predicted octanol–water partition coefficient (Wildman–Crippen LogP) is 2.98. The first-order chi connectivity index (χ1) is 6.25. The zero-order chi connectivity index (χ0) is 9.68. The third kappa shape index (κ3) is 2.74. The van der Waals surface area contributed by atoms with Gasteiger partial charge in [0, 0.05) is 5.56 Å². The van der Waals surface area contributed by atoms with Gasteiger partial charge < -0.3 is 9.52 Å². The Morgan fingerprint density at radius 3 is 3.00 bits per heavy atom. The molecule has 0 saturated heterocycles. The van der Waals surface area contributed by atoms with E-state index in [1.165, 1.54) is 0 Å². The number of hydrogen-bond donors (Lipinski definition) is 1. The molecular formula is C11H16O2. The van der Waals surface area contributed by atoms with E-state index in [1.54, 1.807) is 6.26 Å². The largest absolute Gasteiger partial charge is 0.469 e. The summed E-state index contributed by atoms with van der Waals surface area (Å²) in [5.41, 5.74) is 0.907. The van der Waals surface area contributed by atoms with E-state index in [0.29, 0.717) is 0 Å². The molecule has 0 spiro atoms. The third-order valence-corrected chi connectivity index (χ3v) is 2.14. The lowest BCUT2D eigenvalue weighted by Gasteiger charge is -2.07. The highest BCUT2D eigenvalue weighted by Gasteiger charge is 2.11. The highest BCUT2D eigenvalue weighted by Crippen LogP contribution is 2.22. The quantitative estimate of drug-likeness (QED) is 0.558. The third-order valence-electron chi connectivity index (χ3n) is 2.14. The summed E-state index contributed by atoms with van der Waals surface area (Å²) < 4.78 is 5.11. The van der Waals surface area contributed by atoms with Gasteiger partial charge in [-0.3, -0.25) is 0 Å². The van der Waals surface area contributed by atoms with Gasteiger partial charge in [-0.1, -0.05) is 6.08 Å². The molecule has 0 aliphatic carbocycles. The number of hydrogen-bond acceptors (Lipinski definition) is 2. The van der Waals surface area contributed by atoms with E-state index in [4.69, 9.17) is 4.42 Å². The Kier molecular flexibility index (Phi) is 3.77. The molecule has 0 saturated carbocycles. The number of furan rings is 1. The molecule has 1 rings (SSSR count). The molecule has 0 aliphatic heterocycles. The van der Waals surface area contributed by atoms with Crippen molar-refractivity contribution in [2.75, 3.05) is 0 Å². The van der Waals surface area contributed by atoms with Gasteiger partial charge in [-0.15, -0.1) is 6.58 Å². The Labute approximate surface area is 78.9 Å². The van der Waals surface area contributed by atoms with Crippen LogP contribution >= 0.6 is 0 Å². The molecule has 1 N–H and O–H groups in total. The SMILES string of the molecule is C=CCCCC(O)c1ccoc1C. The van der Waals surface area contributed by atoms with Crippen LogP contribution in [0.4, 0.5) is 0 Å². The van der Waals surface area contributed by atoms with E-state index in [0.717, 1.165) is 30.6 Å². The van der Waals surface area contributed by atoms with Crippen molar-refractivity contribution in [1.29, 1.82) is 0 Å². The van der Waals surface area contributed by atoms with Crippen LogP contribution in [-0.4, -0.2) is 5.11 Å². The van der Waals surface area contributed by atoms with Crippen molar-refractivity contribution in [2.45, 2.75) is 32.3 Å². The van der Waals surface area contributed by atoms with E-state index in [-0.39, 0.29) is 0 Å². The molecule has 0 aliphatic rings. The predicted molar refractivity (Wildman–Crippen MR) is 52.5 cm³/mol. The van der Waals surface area contributed by atoms with Gasteiger partial charge in [-0.05, 0) is 32.3 Å². The minimum atomic E-state index is -0.390. The van der Waals surface area contributed by atoms with E-state index in [2.05, 4.69) is 6.58 Å². The van der Waals surface area contributed by atoms with Crippen molar-refractivity contribution in [3.63, 3.8) is 0 Å². The maximum Gasteiger partial charge on any atom is 0.106 e. The lowest BCUT2D eigenvalue weighted by Crippen LogP contribution is -1.96. The number of allylic oxidation sites excluding steroid dienone is 1. The van der Waals surface area contributed by atoms with Gasteiger partial charge in [0.05, 0.1) is 12.4 Å². The summed E-state index contributed by atoms with van der Waals surface area (Å²) in [6, 6.07) is 1.83. The molecule has 0 aromatic carbocycles. The van der Waals surface area contributed by atoms with Crippen molar-refractivity contribution >= 4 is 0 Å². The van der Waals surface area contributed by atoms with Crippen LogP contribution in [0.15, 0.2) is 29.4 Å². The second kappa shape index (κ2) is 4.87. The normalized spacial score (nSPS) is 12.8. The van der Waals surface area contributed by atoms with E-state index in [1.807, 2.05) is 19.1 Å². The number of unbranched alkanes of at least 4 members (excludes halogenated alkanes) is 1. The molecule has 0 fully saturated rings. The van der Waals surface area contributed by atoms with Crippen molar-refractivity contribution in [3.05, 3.63) is 36.3 Å².